The molecule has 3 aromatic rings. The molecule has 0 N–H and O–H groups in total. The molecular weight excluding hydrogens is 428 g/mol. The van der Waals surface area contributed by atoms with Gasteiger partial charge in [-0.3, -0.25) is 4.79 Å². The van der Waals surface area contributed by atoms with Crippen LogP contribution in [0.1, 0.15) is 33.9 Å². The van der Waals surface area contributed by atoms with E-state index in [9.17, 15) is 31.1 Å². The highest BCUT2D eigenvalue weighted by atomic mass is 19.4. The first-order valence-electron chi connectivity index (χ1n) is 8.97. The van der Waals surface area contributed by atoms with Crippen LogP contribution in [0.5, 0.6) is 0 Å². The van der Waals surface area contributed by atoms with Gasteiger partial charge in [0.25, 0.3) is 11.6 Å². The molecule has 12 heteroatoms. The molecule has 0 unspecified atom stereocenters. The van der Waals surface area contributed by atoms with Crippen LogP contribution in [0.3, 0.4) is 0 Å². The molecular formula is C19H17F6N5O. The lowest BCUT2D eigenvalue weighted by atomic mass is 10.1. The fourth-order valence-corrected chi connectivity index (χ4v) is 3.03. The smallest absolute Gasteiger partial charge is 0.341 e. The molecule has 31 heavy (non-hydrogen) atoms. The van der Waals surface area contributed by atoms with Gasteiger partial charge in [0.05, 0.1) is 12.0 Å². The zero-order chi connectivity index (χ0) is 23.1. The van der Waals surface area contributed by atoms with E-state index in [2.05, 4.69) is 15.1 Å². The first kappa shape index (κ1) is 22.5. The van der Waals surface area contributed by atoms with E-state index in [-0.39, 0.29) is 24.7 Å². The first-order valence-corrected chi connectivity index (χ1v) is 8.97. The minimum Gasteiger partial charge on any atom is -0.341 e. The van der Waals surface area contributed by atoms with Gasteiger partial charge in [0.1, 0.15) is 0 Å². The number of fused-ring (bicyclic) bond motifs is 1. The standard InChI is InChI=1S/C19H17F6N5O/c1-10-14(11(2)30-17(26-10)27-16(28-30)19(23,24)25)8-15(31)29(3)9-12-4-6-13(7-5-12)18(20,21)22/h4-7H,8-9H2,1-3H3. The first-order chi connectivity index (χ1) is 14.3. The Morgan fingerprint density at radius 2 is 1.61 bits per heavy atom. The molecule has 0 saturated carbocycles. The van der Waals surface area contributed by atoms with Crippen molar-refractivity contribution in [1.82, 2.24) is 24.5 Å². The van der Waals surface area contributed by atoms with E-state index in [4.69, 9.17) is 0 Å². The summed E-state index contributed by atoms with van der Waals surface area (Å²) in [6.07, 6.45) is -9.35. The van der Waals surface area contributed by atoms with E-state index >= 15 is 0 Å². The Morgan fingerprint density at radius 3 is 2.16 bits per heavy atom. The maximum Gasteiger partial charge on any atom is 0.453 e. The summed E-state index contributed by atoms with van der Waals surface area (Å²) in [7, 11) is 1.48. The Kier molecular flexibility index (Phi) is 5.68. The van der Waals surface area contributed by atoms with Crippen molar-refractivity contribution in [3.8, 4) is 0 Å². The largest absolute Gasteiger partial charge is 0.453 e. The monoisotopic (exact) mass is 445 g/mol. The van der Waals surface area contributed by atoms with Crippen molar-refractivity contribution in [2.24, 2.45) is 0 Å². The van der Waals surface area contributed by atoms with Crippen molar-refractivity contribution in [3.63, 3.8) is 0 Å². The van der Waals surface area contributed by atoms with E-state index in [0.717, 1.165) is 16.6 Å². The van der Waals surface area contributed by atoms with Gasteiger partial charge in [0, 0.05) is 30.5 Å². The van der Waals surface area contributed by atoms with Gasteiger partial charge in [-0.15, -0.1) is 5.10 Å². The summed E-state index contributed by atoms with van der Waals surface area (Å²) in [5, 5.41) is 3.43. The maximum atomic E-state index is 12.9. The van der Waals surface area contributed by atoms with Crippen LogP contribution in [0.4, 0.5) is 26.3 Å². The number of nitrogens with zero attached hydrogens (tertiary/aromatic N) is 5. The topological polar surface area (TPSA) is 63.4 Å². The maximum absolute atomic E-state index is 12.9. The lowest BCUT2D eigenvalue weighted by molar-refractivity contribution is -0.144. The number of aryl methyl sites for hydroxylation is 2. The predicted molar refractivity (Wildman–Crippen MR) is 96.9 cm³/mol. The summed E-state index contributed by atoms with van der Waals surface area (Å²) in [6.45, 7) is 3.12. The summed E-state index contributed by atoms with van der Waals surface area (Å²) < 4.78 is 77.6. The summed E-state index contributed by atoms with van der Waals surface area (Å²) in [6, 6.07) is 4.43. The van der Waals surface area contributed by atoms with Crippen molar-refractivity contribution in [2.45, 2.75) is 39.2 Å². The molecule has 0 saturated heterocycles. The zero-order valence-electron chi connectivity index (χ0n) is 16.6. The molecule has 0 aliphatic carbocycles. The highest BCUT2D eigenvalue weighted by Gasteiger charge is 2.37. The van der Waals surface area contributed by atoms with E-state index in [1.54, 1.807) is 6.92 Å². The van der Waals surface area contributed by atoms with E-state index < -0.39 is 23.7 Å². The molecule has 2 heterocycles. The molecule has 6 nitrogen and oxygen atoms in total. The third-order valence-electron chi connectivity index (χ3n) is 4.76. The minimum absolute atomic E-state index is 0.0618. The van der Waals surface area contributed by atoms with Crippen LogP contribution in [0.2, 0.25) is 0 Å². The molecule has 0 atom stereocenters. The van der Waals surface area contributed by atoms with Crippen LogP contribution < -0.4 is 0 Å². The van der Waals surface area contributed by atoms with Crippen molar-refractivity contribution >= 4 is 11.7 Å². The second-order valence-electron chi connectivity index (χ2n) is 7.03. The Morgan fingerprint density at radius 1 is 1.00 bits per heavy atom. The van der Waals surface area contributed by atoms with Gasteiger partial charge in [-0.1, -0.05) is 12.1 Å². The van der Waals surface area contributed by atoms with Crippen LogP contribution in [0, 0.1) is 13.8 Å². The highest BCUT2D eigenvalue weighted by Crippen LogP contribution is 2.29. The predicted octanol–water partition coefficient (Wildman–Crippen LogP) is 3.98. The zero-order valence-corrected chi connectivity index (χ0v) is 16.6. The normalized spacial score (nSPS) is 12.4. The van der Waals surface area contributed by atoms with Crippen molar-refractivity contribution in [1.29, 1.82) is 0 Å². The van der Waals surface area contributed by atoms with Gasteiger partial charge in [0.15, 0.2) is 0 Å². The number of halogens is 6. The molecule has 0 aliphatic rings. The summed E-state index contributed by atoms with van der Waals surface area (Å²) in [5.41, 5.74) is 0.735. The van der Waals surface area contributed by atoms with Gasteiger partial charge in [-0.2, -0.15) is 31.3 Å². The number of hydrogen-bond donors (Lipinski definition) is 0. The Bertz CT molecular complexity index is 1120. The Hall–Kier alpha value is -3.18. The van der Waals surface area contributed by atoms with Gasteiger partial charge in [0.2, 0.25) is 5.91 Å². The van der Waals surface area contributed by atoms with E-state index in [1.807, 2.05) is 0 Å². The number of alkyl halides is 6. The minimum atomic E-state index is -4.73. The lowest BCUT2D eigenvalue weighted by Crippen LogP contribution is -2.28. The lowest BCUT2D eigenvalue weighted by Gasteiger charge is -2.19. The third kappa shape index (κ3) is 4.78. The molecule has 0 fully saturated rings. The molecule has 0 radical (unpaired) electrons. The summed E-state index contributed by atoms with van der Waals surface area (Å²) in [5.74, 6) is -1.94. The average molecular weight is 445 g/mol. The number of likely N-dealkylation sites (N-methyl/N-ethyl adjacent to an activating group) is 1. The quantitative estimate of drug-likeness (QED) is 0.570. The molecule has 1 aromatic carbocycles. The average Bonchev–Trinajstić information content (AvgIpc) is 3.09. The van der Waals surface area contributed by atoms with Gasteiger partial charge in [-0.05, 0) is 31.5 Å². The number of benzene rings is 1. The number of amides is 1. The number of aromatic nitrogens is 4. The van der Waals surface area contributed by atoms with Crippen molar-refractivity contribution in [2.75, 3.05) is 7.05 Å². The van der Waals surface area contributed by atoms with E-state index in [1.165, 1.54) is 31.0 Å². The molecule has 166 valence electrons. The Balaban J connectivity index is 1.79. The highest BCUT2D eigenvalue weighted by molar-refractivity contribution is 5.79. The van der Waals surface area contributed by atoms with Gasteiger partial charge < -0.3 is 4.90 Å². The van der Waals surface area contributed by atoms with Crippen LogP contribution in [0.25, 0.3) is 5.78 Å². The number of hydrogen-bond acceptors (Lipinski definition) is 4. The number of carbonyl (C=O) groups is 1. The SMILES string of the molecule is Cc1nc2nc(C(F)(F)F)nn2c(C)c1CC(=O)N(C)Cc1ccc(C(F)(F)F)cc1. The third-order valence-corrected chi connectivity index (χ3v) is 4.76. The fourth-order valence-electron chi connectivity index (χ4n) is 3.03. The molecule has 2 aromatic heterocycles. The van der Waals surface area contributed by atoms with Crippen LogP contribution in [-0.2, 0) is 30.1 Å². The Labute approximate surface area is 172 Å². The van der Waals surface area contributed by atoms with Crippen molar-refractivity contribution in [3.05, 3.63) is 58.2 Å². The van der Waals surface area contributed by atoms with Crippen molar-refractivity contribution < 1.29 is 31.1 Å². The molecule has 1 amide bonds. The van der Waals surface area contributed by atoms with Crippen LogP contribution >= 0.6 is 0 Å². The van der Waals surface area contributed by atoms with Gasteiger partial charge in [-0.25, -0.2) is 9.50 Å². The molecule has 0 bridgehead atoms. The summed E-state index contributed by atoms with van der Waals surface area (Å²) in [4.78, 5) is 21.3. The molecule has 0 spiro atoms. The van der Waals surface area contributed by atoms with Crippen LogP contribution in [-0.4, -0.2) is 37.4 Å². The second kappa shape index (κ2) is 7.82. The molecule has 3 rings (SSSR count). The molecule has 0 aliphatic heterocycles. The second-order valence-corrected chi connectivity index (χ2v) is 7.03. The van der Waals surface area contributed by atoms with Crippen LogP contribution in [0.15, 0.2) is 24.3 Å². The number of carbonyl (C=O) groups excluding carboxylic acids is 1. The number of rotatable bonds is 4. The summed E-state index contributed by atoms with van der Waals surface area (Å²) >= 11 is 0. The van der Waals surface area contributed by atoms with Gasteiger partial charge >= 0.3 is 12.4 Å². The van der Waals surface area contributed by atoms with E-state index in [0.29, 0.717) is 22.5 Å². The fraction of sp³-hybridized carbons (Fsp3) is 0.368.